The highest BCUT2D eigenvalue weighted by Crippen LogP contribution is 2.28. The van der Waals surface area contributed by atoms with Crippen molar-refractivity contribution >= 4 is 16.7 Å². The molecule has 0 saturated carbocycles. The van der Waals surface area contributed by atoms with E-state index in [0.29, 0.717) is 11.3 Å². The lowest BCUT2D eigenvalue weighted by Gasteiger charge is -2.05. The molecule has 4 aromatic rings. The average molecular weight is 311 g/mol. The second-order valence-corrected chi connectivity index (χ2v) is 5.44. The number of nitrogen functional groups attached to an aromatic ring is 1. The maximum Gasteiger partial charge on any atom is 0.137 e. The number of pyridine rings is 1. The molecule has 0 spiro atoms. The molecule has 2 heterocycles. The lowest BCUT2D eigenvalue weighted by molar-refractivity contribution is 1.10. The zero-order valence-electron chi connectivity index (χ0n) is 12.7. The van der Waals surface area contributed by atoms with Gasteiger partial charge in [0.1, 0.15) is 23.1 Å². The third-order valence-corrected chi connectivity index (χ3v) is 3.94. The maximum atomic E-state index is 9.25. The molecule has 2 aromatic carbocycles. The SMILES string of the molecule is N#Cc1c(-c2ccc3ccc(-c4ccccc4)nc3c2)n[nH]c1N. The molecule has 2 aromatic heterocycles. The minimum Gasteiger partial charge on any atom is -0.383 e. The van der Waals surface area contributed by atoms with Crippen LogP contribution in [-0.2, 0) is 0 Å². The van der Waals surface area contributed by atoms with Gasteiger partial charge in [0.05, 0.1) is 11.2 Å². The summed E-state index contributed by atoms with van der Waals surface area (Å²) in [5.74, 6) is 0.276. The first kappa shape index (κ1) is 14.0. The second-order valence-electron chi connectivity index (χ2n) is 5.44. The van der Waals surface area contributed by atoms with E-state index in [1.807, 2.05) is 60.7 Å². The molecule has 4 rings (SSSR count). The van der Waals surface area contributed by atoms with Crippen LogP contribution in [0.25, 0.3) is 33.4 Å². The van der Waals surface area contributed by atoms with Gasteiger partial charge >= 0.3 is 0 Å². The molecule has 24 heavy (non-hydrogen) atoms. The summed E-state index contributed by atoms with van der Waals surface area (Å²) in [6.45, 7) is 0. The largest absolute Gasteiger partial charge is 0.383 e. The first-order valence-corrected chi connectivity index (χ1v) is 7.47. The Kier molecular flexibility index (Phi) is 3.22. The van der Waals surface area contributed by atoms with Crippen molar-refractivity contribution < 1.29 is 0 Å². The van der Waals surface area contributed by atoms with Crippen LogP contribution in [0.15, 0.2) is 60.7 Å². The molecule has 0 aliphatic rings. The van der Waals surface area contributed by atoms with Crippen molar-refractivity contribution in [3.8, 4) is 28.6 Å². The summed E-state index contributed by atoms with van der Waals surface area (Å²) in [4.78, 5) is 4.74. The highest BCUT2D eigenvalue weighted by atomic mass is 15.2. The van der Waals surface area contributed by atoms with Crippen molar-refractivity contribution in [3.05, 3.63) is 66.2 Å². The lowest BCUT2D eigenvalue weighted by Crippen LogP contribution is -1.89. The van der Waals surface area contributed by atoms with E-state index in [9.17, 15) is 5.26 Å². The first-order valence-electron chi connectivity index (χ1n) is 7.47. The van der Waals surface area contributed by atoms with Gasteiger partial charge in [-0.05, 0) is 12.1 Å². The molecule has 0 aliphatic heterocycles. The number of hydrogen-bond acceptors (Lipinski definition) is 4. The molecule has 0 aliphatic carbocycles. The number of nitrogens with zero attached hydrogens (tertiary/aromatic N) is 3. The number of nitrogens with two attached hydrogens (primary N) is 1. The van der Waals surface area contributed by atoms with Crippen molar-refractivity contribution in [2.24, 2.45) is 0 Å². The topological polar surface area (TPSA) is 91.4 Å². The average Bonchev–Trinajstić information content (AvgIpc) is 3.02. The Labute approximate surface area is 138 Å². The smallest absolute Gasteiger partial charge is 0.137 e. The molecular formula is C19H13N5. The van der Waals surface area contributed by atoms with Crippen molar-refractivity contribution in [2.75, 3.05) is 5.73 Å². The Morgan fingerprint density at radius 2 is 1.75 bits per heavy atom. The second kappa shape index (κ2) is 5.52. The normalized spacial score (nSPS) is 10.6. The Balaban J connectivity index is 1.87. The van der Waals surface area contributed by atoms with Crippen LogP contribution in [0.2, 0.25) is 0 Å². The van der Waals surface area contributed by atoms with Crippen LogP contribution in [0.4, 0.5) is 5.82 Å². The zero-order valence-corrected chi connectivity index (χ0v) is 12.7. The Morgan fingerprint density at radius 1 is 0.958 bits per heavy atom. The van der Waals surface area contributed by atoms with Crippen LogP contribution in [0, 0.1) is 11.3 Å². The number of benzene rings is 2. The third kappa shape index (κ3) is 2.27. The van der Waals surface area contributed by atoms with E-state index in [1.165, 1.54) is 0 Å². The standard InChI is InChI=1S/C19H13N5/c20-11-15-18(23-24-19(15)21)14-7-6-13-8-9-16(22-17(13)10-14)12-4-2-1-3-5-12/h1-10H,(H3,21,23,24). The minimum atomic E-state index is 0.276. The van der Waals surface area contributed by atoms with Gasteiger partial charge < -0.3 is 5.73 Å². The van der Waals surface area contributed by atoms with Crippen LogP contribution in [0.5, 0.6) is 0 Å². The molecule has 5 heteroatoms. The van der Waals surface area contributed by atoms with Crippen molar-refractivity contribution in [1.82, 2.24) is 15.2 Å². The molecule has 0 amide bonds. The number of aromatic amines is 1. The predicted molar refractivity (Wildman–Crippen MR) is 93.9 cm³/mol. The fraction of sp³-hybridized carbons (Fsp3) is 0. The van der Waals surface area contributed by atoms with E-state index >= 15 is 0 Å². The van der Waals surface area contributed by atoms with Crippen LogP contribution in [-0.4, -0.2) is 15.2 Å². The van der Waals surface area contributed by atoms with E-state index in [-0.39, 0.29) is 5.82 Å². The molecule has 0 fully saturated rings. The molecule has 0 unspecified atom stereocenters. The first-order chi connectivity index (χ1) is 11.8. The van der Waals surface area contributed by atoms with Gasteiger partial charge in [-0.1, -0.05) is 48.5 Å². The number of aromatic nitrogens is 3. The zero-order chi connectivity index (χ0) is 16.5. The van der Waals surface area contributed by atoms with E-state index in [0.717, 1.165) is 27.7 Å². The molecule has 0 bridgehead atoms. The molecule has 114 valence electrons. The van der Waals surface area contributed by atoms with Crippen molar-refractivity contribution in [2.45, 2.75) is 0 Å². The van der Waals surface area contributed by atoms with E-state index in [1.54, 1.807) is 0 Å². The Hall–Kier alpha value is -3.65. The highest BCUT2D eigenvalue weighted by molar-refractivity contribution is 5.87. The quantitative estimate of drug-likeness (QED) is 0.590. The maximum absolute atomic E-state index is 9.25. The van der Waals surface area contributed by atoms with Gasteiger partial charge in [-0.3, -0.25) is 5.10 Å². The van der Waals surface area contributed by atoms with Gasteiger partial charge in [-0.25, -0.2) is 4.98 Å². The number of H-pyrrole nitrogens is 1. The Bertz CT molecular complexity index is 1070. The summed E-state index contributed by atoms with van der Waals surface area (Å²) in [5.41, 5.74) is 10.3. The summed E-state index contributed by atoms with van der Waals surface area (Å²) in [5, 5.41) is 17.1. The van der Waals surface area contributed by atoms with Crippen molar-refractivity contribution in [1.29, 1.82) is 5.26 Å². The van der Waals surface area contributed by atoms with Gasteiger partial charge in [-0.2, -0.15) is 10.4 Å². The van der Waals surface area contributed by atoms with Crippen LogP contribution >= 0.6 is 0 Å². The minimum absolute atomic E-state index is 0.276. The third-order valence-electron chi connectivity index (χ3n) is 3.94. The summed E-state index contributed by atoms with van der Waals surface area (Å²) in [6.07, 6.45) is 0. The van der Waals surface area contributed by atoms with Gasteiger partial charge in [0.25, 0.3) is 0 Å². The monoisotopic (exact) mass is 311 g/mol. The number of anilines is 1. The van der Waals surface area contributed by atoms with Gasteiger partial charge in [-0.15, -0.1) is 0 Å². The van der Waals surface area contributed by atoms with E-state index in [4.69, 9.17) is 10.7 Å². The Morgan fingerprint density at radius 3 is 2.54 bits per heavy atom. The van der Waals surface area contributed by atoms with Gasteiger partial charge in [0.2, 0.25) is 0 Å². The molecule has 0 atom stereocenters. The van der Waals surface area contributed by atoms with Gasteiger partial charge in [0.15, 0.2) is 0 Å². The number of rotatable bonds is 2. The van der Waals surface area contributed by atoms with E-state index < -0.39 is 0 Å². The molecule has 3 N–H and O–H groups in total. The number of nitriles is 1. The summed E-state index contributed by atoms with van der Waals surface area (Å²) in [6, 6.07) is 22.0. The molecule has 0 radical (unpaired) electrons. The van der Waals surface area contributed by atoms with Crippen molar-refractivity contribution in [3.63, 3.8) is 0 Å². The summed E-state index contributed by atoms with van der Waals surface area (Å²) >= 11 is 0. The van der Waals surface area contributed by atoms with E-state index in [2.05, 4.69) is 16.3 Å². The predicted octanol–water partition coefficient (Wildman–Crippen LogP) is 3.75. The number of hydrogen-bond donors (Lipinski definition) is 2. The molecule has 0 saturated heterocycles. The number of nitrogens with one attached hydrogen (secondary N) is 1. The molecule has 5 nitrogen and oxygen atoms in total. The summed E-state index contributed by atoms with van der Waals surface area (Å²) < 4.78 is 0. The van der Waals surface area contributed by atoms with Crippen LogP contribution < -0.4 is 5.73 Å². The number of fused-ring (bicyclic) bond motifs is 1. The fourth-order valence-electron chi connectivity index (χ4n) is 2.71. The lowest BCUT2D eigenvalue weighted by atomic mass is 10.0. The summed E-state index contributed by atoms with van der Waals surface area (Å²) in [7, 11) is 0. The fourth-order valence-corrected chi connectivity index (χ4v) is 2.71. The van der Waals surface area contributed by atoms with Gasteiger partial charge in [0, 0.05) is 16.5 Å². The van der Waals surface area contributed by atoms with Crippen LogP contribution in [0.3, 0.4) is 0 Å². The van der Waals surface area contributed by atoms with Crippen LogP contribution in [0.1, 0.15) is 5.56 Å². The molecular weight excluding hydrogens is 298 g/mol. The highest BCUT2D eigenvalue weighted by Gasteiger charge is 2.13.